The Hall–Kier alpha value is -0.790. The van der Waals surface area contributed by atoms with Gasteiger partial charge in [-0.05, 0) is 25.9 Å². The molecular formula is C14H25N3O3S. The fourth-order valence-corrected chi connectivity index (χ4v) is 3.79. The molecule has 2 amide bonds. The summed E-state index contributed by atoms with van der Waals surface area (Å²) < 4.78 is 4.86. The topological polar surface area (TPSA) is 61.9 Å². The molecular weight excluding hydrogens is 290 g/mol. The molecule has 0 radical (unpaired) electrons. The van der Waals surface area contributed by atoms with E-state index in [0.29, 0.717) is 37.2 Å². The lowest BCUT2D eigenvalue weighted by Gasteiger charge is -2.35. The van der Waals surface area contributed by atoms with Crippen LogP contribution in [0.25, 0.3) is 0 Å². The van der Waals surface area contributed by atoms with Crippen LogP contribution in [0.3, 0.4) is 0 Å². The number of carbonyl (C=O) groups is 2. The summed E-state index contributed by atoms with van der Waals surface area (Å²) in [5.74, 6) is 0.780. The van der Waals surface area contributed by atoms with Crippen LogP contribution < -0.4 is 5.32 Å². The maximum absolute atomic E-state index is 12.2. The molecule has 0 unspecified atom stereocenters. The zero-order valence-corrected chi connectivity index (χ0v) is 13.5. The molecule has 2 aliphatic rings. The number of hydrogen-bond donors (Lipinski definition) is 1. The predicted octanol–water partition coefficient (Wildman–Crippen LogP) is -0.211. The number of ether oxygens (including phenoxy) is 1. The van der Waals surface area contributed by atoms with E-state index in [0.717, 1.165) is 25.9 Å². The molecule has 2 heterocycles. The number of piperazine rings is 1. The molecule has 2 fully saturated rings. The Morgan fingerprint density at radius 2 is 1.67 bits per heavy atom. The van der Waals surface area contributed by atoms with Crippen LogP contribution in [-0.4, -0.2) is 85.6 Å². The number of piperidine rings is 1. The number of amides is 2. The summed E-state index contributed by atoms with van der Waals surface area (Å²) in [5.41, 5.74) is 0. The monoisotopic (exact) mass is 315 g/mol. The van der Waals surface area contributed by atoms with Gasteiger partial charge in [-0.2, -0.15) is 0 Å². The zero-order chi connectivity index (χ0) is 15.1. The Morgan fingerprint density at radius 1 is 1.10 bits per heavy atom. The maximum Gasteiger partial charge on any atom is 0.248 e. The molecule has 0 aliphatic carbocycles. The molecule has 120 valence electrons. The van der Waals surface area contributed by atoms with Crippen molar-refractivity contribution in [1.29, 1.82) is 0 Å². The standard InChI is InChI=1S/C14H25N3O3S/c1-20-10-13(18)16-6-8-17(9-7-16)14(19)11-21-12-2-4-15-5-3-12/h12,15H,2-11H2,1H3. The Labute approximate surface area is 130 Å². The van der Waals surface area contributed by atoms with E-state index in [2.05, 4.69) is 5.32 Å². The SMILES string of the molecule is COCC(=O)N1CCN(C(=O)CSC2CCNCC2)CC1. The first-order valence-corrected chi connectivity index (χ1v) is 8.62. The van der Waals surface area contributed by atoms with Crippen molar-refractivity contribution in [2.75, 3.05) is 58.7 Å². The summed E-state index contributed by atoms with van der Waals surface area (Å²) in [6, 6.07) is 0. The maximum atomic E-state index is 12.2. The second kappa shape index (κ2) is 8.60. The quantitative estimate of drug-likeness (QED) is 0.761. The normalized spacial score (nSPS) is 20.6. The van der Waals surface area contributed by atoms with Crippen molar-refractivity contribution in [2.45, 2.75) is 18.1 Å². The van der Waals surface area contributed by atoms with Crippen LogP contribution in [0.15, 0.2) is 0 Å². The highest BCUT2D eigenvalue weighted by Gasteiger charge is 2.24. The van der Waals surface area contributed by atoms with Crippen LogP contribution in [-0.2, 0) is 14.3 Å². The average molecular weight is 315 g/mol. The van der Waals surface area contributed by atoms with Crippen LogP contribution in [0.4, 0.5) is 0 Å². The summed E-state index contributed by atoms with van der Waals surface area (Å²) in [6.07, 6.45) is 2.30. The molecule has 21 heavy (non-hydrogen) atoms. The molecule has 0 aromatic rings. The van der Waals surface area contributed by atoms with Gasteiger partial charge in [0.1, 0.15) is 6.61 Å². The van der Waals surface area contributed by atoms with Gasteiger partial charge in [0.2, 0.25) is 11.8 Å². The van der Waals surface area contributed by atoms with Gasteiger partial charge in [0, 0.05) is 38.5 Å². The number of hydrogen-bond acceptors (Lipinski definition) is 5. The number of carbonyl (C=O) groups excluding carboxylic acids is 2. The van der Waals surface area contributed by atoms with Crippen LogP contribution in [0.2, 0.25) is 0 Å². The van der Waals surface area contributed by atoms with Crippen molar-refractivity contribution < 1.29 is 14.3 Å². The highest BCUT2D eigenvalue weighted by molar-refractivity contribution is 8.00. The molecule has 7 heteroatoms. The number of thioether (sulfide) groups is 1. The lowest BCUT2D eigenvalue weighted by molar-refractivity contribution is -0.140. The highest BCUT2D eigenvalue weighted by atomic mass is 32.2. The molecule has 6 nitrogen and oxygen atoms in total. The van der Waals surface area contributed by atoms with E-state index < -0.39 is 0 Å². The van der Waals surface area contributed by atoms with E-state index in [4.69, 9.17) is 4.74 Å². The minimum atomic E-state index is 0.00804. The fourth-order valence-electron chi connectivity index (χ4n) is 2.66. The molecule has 2 rings (SSSR count). The Bertz CT molecular complexity index is 353. The van der Waals surface area contributed by atoms with Gasteiger partial charge < -0.3 is 19.9 Å². The number of rotatable bonds is 5. The van der Waals surface area contributed by atoms with E-state index in [-0.39, 0.29) is 18.4 Å². The predicted molar refractivity (Wildman–Crippen MR) is 83.4 cm³/mol. The average Bonchev–Trinajstić information content (AvgIpc) is 2.54. The van der Waals surface area contributed by atoms with Crippen molar-refractivity contribution in [2.24, 2.45) is 0 Å². The van der Waals surface area contributed by atoms with Crippen molar-refractivity contribution in [1.82, 2.24) is 15.1 Å². The minimum absolute atomic E-state index is 0.00804. The van der Waals surface area contributed by atoms with E-state index in [1.54, 1.807) is 16.7 Å². The second-order valence-electron chi connectivity index (χ2n) is 5.45. The Balaban J connectivity index is 1.66. The molecule has 0 bridgehead atoms. The van der Waals surface area contributed by atoms with Crippen LogP contribution in [0.1, 0.15) is 12.8 Å². The van der Waals surface area contributed by atoms with Gasteiger partial charge in [-0.25, -0.2) is 0 Å². The summed E-state index contributed by atoms with van der Waals surface area (Å²) in [6.45, 7) is 4.76. The van der Waals surface area contributed by atoms with E-state index >= 15 is 0 Å². The molecule has 2 saturated heterocycles. The molecule has 0 aromatic heterocycles. The van der Waals surface area contributed by atoms with Gasteiger partial charge in [-0.3, -0.25) is 9.59 Å². The van der Waals surface area contributed by atoms with Crippen molar-refractivity contribution in [3.63, 3.8) is 0 Å². The first kappa shape index (κ1) is 16.6. The Kier molecular flexibility index (Phi) is 6.79. The lowest BCUT2D eigenvalue weighted by atomic mass is 10.2. The number of methoxy groups -OCH3 is 1. The number of nitrogens with zero attached hydrogens (tertiary/aromatic N) is 2. The van der Waals surface area contributed by atoms with Crippen molar-refractivity contribution in [3.05, 3.63) is 0 Å². The minimum Gasteiger partial charge on any atom is -0.375 e. The fraction of sp³-hybridized carbons (Fsp3) is 0.857. The Morgan fingerprint density at radius 3 is 2.24 bits per heavy atom. The second-order valence-corrected chi connectivity index (χ2v) is 6.74. The van der Waals surface area contributed by atoms with Gasteiger partial charge in [-0.1, -0.05) is 0 Å². The molecule has 2 aliphatic heterocycles. The van der Waals surface area contributed by atoms with Crippen LogP contribution >= 0.6 is 11.8 Å². The van der Waals surface area contributed by atoms with Crippen LogP contribution in [0, 0.1) is 0 Å². The van der Waals surface area contributed by atoms with Gasteiger partial charge in [-0.15, -0.1) is 11.8 Å². The zero-order valence-electron chi connectivity index (χ0n) is 12.7. The van der Waals surface area contributed by atoms with Crippen molar-refractivity contribution >= 4 is 23.6 Å². The first-order chi connectivity index (χ1) is 10.2. The molecule has 0 atom stereocenters. The molecule has 1 N–H and O–H groups in total. The third-order valence-electron chi connectivity index (χ3n) is 3.98. The molecule has 0 spiro atoms. The summed E-state index contributed by atoms with van der Waals surface area (Å²) in [4.78, 5) is 27.5. The molecule has 0 aromatic carbocycles. The van der Waals surface area contributed by atoms with E-state index in [9.17, 15) is 9.59 Å². The van der Waals surface area contributed by atoms with E-state index in [1.165, 1.54) is 7.11 Å². The van der Waals surface area contributed by atoms with Gasteiger partial charge in [0.05, 0.1) is 5.75 Å². The smallest absolute Gasteiger partial charge is 0.248 e. The van der Waals surface area contributed by atoms with Crippen LogP contribution in [0.5, 0.6) is 0 Å². The van der Waals surface area contributed by atoms with Gasteiger partial charge in [0.15, 0.2) is 0 Å². The summed E-state index contributed by atoms with van der Waals surface area (Å²) in [5, 5.41) is 3.95. The third-order valence-corrected chi connectivity index (χ3v) is 5.34. The number of nitrogens with one attached hydrogen (secondary N) is 1. The largest absolute Gasteiger partial charge is 0.375 e. The highest BCUT2D eigenvalue weighted by Crippen LogP contribution is 2.20. The summed E-state index contributed by atoms with van der Waals surface area (Å²) >= 11 is 1.78. The van der Waals surface area contributed by atoms with Gasteiger partial charge >= 0.3 is 0 Å². The molecule has 0 saturated carbocycles. The lowest BCUT2D eigenvalue weighted by Crippen LogP contribution is -2.51. The van der Waals surface area contributed by atoms with E-state index in [1.807, 2.05) is 4.90 Å². The van der Waals surface area contributed by atoms with Crippen molar-refractivity contribution in [3.8, 4) is 0 Å². The van der Waals surface area contributed by atoms with Gasteiger partial charge in [0.25, 0.3) is 0 Å². The third kappa shape index (κ3) is 5.16. The summed E-state index contributed by atoms with van der Waals surface area (Å²) in [7, 11) is 1.52. The first-order valence-electron chi connectivity index (χ1n) is 7.57.